The van der Waals surface area contributed by atoms with Crippen LogP contribution < -0.4 is 14.8 Å². The molecule has 0 bridgehead atoms. The van der Waals surface area contributed by atoms with Crippen LogP contribution in [0.3, 0.4) is 0 Å². The predicted octanol–water partition coefficient (Wildman–Crippen LogP) is 1.88. The lowest BCUT2D eigenvalue weighted by molar-refractivity contribution is -0.209. The molecule has 0 aromatic heterocycles. The molecule has 5 rings (SSSR count). The Morgan fingerprint density at radius 2 is 1.70 bits per heavy atom. The predicted molar refractivity (Wildman–Crippen MR) is 143 cm³/mol. The zero-order valence-corrected chi connectivity index (χ0v) is 23.7. The lowest BCUT2D eigenvalue weighted by atomic mass is 9.59. The molecule has 0 unspecified atom stereocenters. The van der Waals surface area contributed by atoms with E-state index in [9.17, 15) is 30.0 Å². The fourth-order valence-electron chi connectivity index (χ4n) is 7.91. The summed E-state index contributed by atoms with van der Waals surface area (Å²) in [6.07, 6.45) is 1.23. The molecule has 0 aliphatic heterocycles. The number of benzene rings is 1. The Kier molecular flexibility index (Phi) is 6.65. The van der Waals surface area contributed by atoms with E-state index in [1.54, 1.807) is 44.2 Å². The summed E-state index contributed by atoms with van der Waals surface area (Å²) in [5, 5.41) is 49.0. The second-order valence-corrected chi connectivity index (χ2v) is 12.4. The van der Waals surface area contributed by atoms with Gasteiger partial charge in [-0.3, -0.25) is 4.79 Å². The largest absolute Gasteiger partial charge is 0.497 e. The van der Waals surface area contributed by atoms with Gasteiger partial charge in [0.2, 0.25) is 0 Å². The maximum Gasteiger partial charge on any atom is 0.407 e. The second kappa shape index (κ2) is 9.30. The molecule has 2 saturated carbocycles. The van der Waals surface area contributed by atoms with Gasteiger partial charge in [-0.1, -0.05) is 32.9 Å². The third kappa shape index (κ3) is 3.76. The number of amides is 1. The lowest BCUT2D eigenvalue weighted by Gasteiger charge is -2.52. The number of carbonyl (C=O) groups is 2. The maximum absolute atomic E-state index is 13.2. The summed E-state index contributed by atoms with van der Waals surface area (Å²) >= 11 is 0. The number of aliphatic hydroxyl groups excluding tert-OH is 1. The third-order valence-corrected chi connectivity index (χ3v) is 10.1. The topological polar surface area (TPSA) is 155 Å². The number of alkyl carbamates (subject to hydrolysis) is 1. The van der Waals surface area contributed by atoms with Crippen LogP contribution in [0.5, 0.6) is 11.5 Å². The van der Waals surface area contributed by atoms with Crippen LogP contribution in [0.4, 0.5) is 4.79 Å². The first-order valence-corrected chi connectivity index (χ1v) is 13.6. The molecule has 40 heavy (non-hydrogen) atoms. The molecule has 0 radical (unpaired) electrons. The third-order valence-electron chi connectivity index (χ3n) is 10.1. The molecule has 8 atom stereocenters. The molecule has 218 valence electrons. The molecule has 1 amide bonds. The van der Waals surface area contributed by atoms with Crippen LogP contribution in [0, 0.1) is 29.1 Å². The fraction of sp³-hybridized carbons (Fsp3) is 0.600. The molecule has 2 fully saturated rings. The Morgan fingerprint density at radius 1 is 1.07 bits per heavy atom. The zero-order chi connectivity index (χ0) is 29.4. The van der Waals surface area contributed by atoms with E-state index in [0.717, 1.165) is 0 Å². The maximum atomic E-state index is 13.2. The Balaban J connectivity index is 1.47. The van der Waals surface area contributed by atoms with E-state index in [4.69, 9.17) is 14.2 Å². The molecule has 0 heterocycles. The Hall–Kier alpha value is -2.92. The van der Waals surface area contributed by atoms with E-state index in [-0.39, 0.29) is 13.0 Å². The smallest absolute Gasteiger partial charge is 0.407 e. The van der Waals surface area contributed by atoms with Crippen LogP contribution in [0.2, 0.25) is 0 Å². The van der Waals surface area contributed by atoms with Crippen LogP contribution in [0.1, 0.15) is 39.7 Å². The Labute approximate surface area is 233 Å². The average molecular weight is 558 g/mol. The van der Waals surface area contributed by atoms with Crippen molar-refractivity contribution >= 4 is 11.9 Å². The molecule has 4 aliphatic carbocycles. The zero-order valence-electron chi connectivity index (χ0n) is 23.7. The lowest BCUT2D eigenvalue weighted by Crippen LogP contribution is -2.66. The van der Waals surface area contributed by atoms with Crippen LogP contribution in [0.25, 0.3) is 0 Å². The van der Waals surface area contributed by atoms with Gasteiger partial charge in [-0.05, 0) is 35.8 Å². The highest BCUT2D eigenvalue weighted by Gasteiger charge is 2.85. The standard InChI is InChI=1S/C30H39NO9/c1-15-7-22-28(35,24(15)33)12-18(14-32)10-21-23-27(3,4)30(23,37)25(16(2)29(21,22)36)40-26(34)31-13-17-8-19(38-5)11-20(9-17)39-6/h7-11,16,21-23,25,32,35-37H,12-14H2,1-6H3,(H,31,34)/t16-,21+,22-,23+,25-,28-,29-,30-/m1/s1. The summed E-state index contributed by atoms with van der Waals surface area (Å²) in [5.74, 6) is -2.56. The molecule has 10 nitrogen and oxygen atoms in total. The van der Waals surface area contributed by atoms with Gasteiger partial charge in [0.15, 0.2) is 5.78 Å². The number of nitrogens with one attached hydrogen (secondary N) is 1. The Morgan fingerprint density at radius 3 is 2.27 bits per heavy atom. The van der Waals surface area contributed by atoms with Gasteiger partial charge in [-0.2, -0.15) is 0 Å². The molecule has 0 spiro atoms. The number of hydrogen-bond donors (Lipinski definition) is 5. The van der Waals surface area contributed by atoms with Gasteiger partial charge in [0.25, 0.3) is 0 Å². The number of hydrogen-bond acceptors (Lipinski definition) is 9. The van der Waals surface area contributed by atoms with Gasteiger partial charge in [0.05, 0.1) is 26.4 Å². The highest BCUT2D eigenvalue weighted by atomic mass is 16.6. The van der Waals surface area contributed by atoms with E-state index in [1.165, 1.54) is 14.2 Å². The molecule has 5 N–H and O–H groups in total. The summed E-state index contributed by atoms with van der Waals surface area (Å²) < 4.78 is 16.5. The van der Waals surface area contributed by atoms with E-state index in [1.807, 2.05) is 13.8 Å². The molecule has 1 aromatic carbocycles. The minimum atomic E-state index is -1.96. The van der Waals surface area contributed by atoms with Crippen molar-refractivity contribution in [2.45, 2.75) is 63.6 Å². The van der Waals surface area contributed by atoms with E-state index < -0.39 is 70.5 Å². The Bertz CT molecular complexity index is 1280. The van der Waals surface area contributed by atoms with Crippen molar-refractivity contribution in [2.24, 2.45) is 29.1 Å². The fourth-order valence-corrected chi connectivity index (χ4v) is 7.91. The van der Waals surface area contributed by atoms with Crippen molar-refractivity contribution in [2.75, 3.05) is 20.8 Å². The van der Waals surface area contributed by atoms with Gasteiger partial charge in [-0.25, -0.2) is 4.79 Å². The van der Waals surface area contributed by atoms with Crippen LogP contribution in [0.15, 0.2) is 41.5 Å². The summed E-state index contributed by atoms with van der Waals surface area (Å²) in [6.45, 7) is 6.65. The number of methoxy groups -OCH3 is 2. The molecular formula is C30H39NO9. The molecule has 4 aliphatic rings. The first kappa shape index (κ1) is 28.6. The summed E-state index contributed by atoms with van der Waals surface area (Å²) in [6, 6.07) is 5.20. The van der Waals surface area contributed by atoms with E-state index in [2.05, 4.69) is 5.32 Å². The van der Waals surface area contributed by atoms with E-state index in [0.29, 0.717) is 28.2 Å². The molecule has 1 aromatic rings. The minimum Gasteiger partial charge on any atom is -0.497 e. The SMILES string of the molecule is COc1cc(CNC(=O)O[C@@H]2[C@@H](C)[C@@]3(O)[C@@H](C=C(CO)C[C@]4(O)C(=O)C(C)=C[C@@H]34)[C@H]3C(C)(C)[C@]23O)cc(OC)c1. The number of fused-ring (bicyclic) bond motifs is 5. The number of ether oxygens (including phenoxy) is 3. The van der Waals surface area contributed by atoms with Crippen molar-refractivity contribution in [3.8, 4) is 11.5 Å². The molecule has 0 saturated heterocycles. The summed E-state index contributed by atoms with van der Waals surface area (Å²) in [5.41, 5.74) is -4.52. The number of carbonyl (C=O) groups excluding carboxylic acids is 2. The van der Waals surface area contributed by atoms with E-state index >= 15 is 0 Å². The van der Waals surface area contributed by atoms with Gasteiger partial charge in [0.1, 0.15) is 28.8 Å². The highest BCUT2D eigenvalue weighted by Crippen LogP contribution is 2.75. The highest BCUT2D eigenvalue weighted by molar-refractivity contribution is 6.04. The van der Waals surface area contributed by atoms with Crippen molar-refractivity contribution < 1.29 is 44.2 Å². The monoisotopic (exact) mass is 557 g/mol. The van der Waals surface area contributed by atoms with Gasteiger partial charge < -0.3 is 40.0 Å². The van der Waals surface area contributed by atoms with Crippen LogP contribution in [-0.4, -0.2) is 76.0 Å². The normalized spacial score (nSPS) is 39.0. The van der Waals surface area contributed by atoms with Crippen molar-refractivity contribution in [1.29, 1.82) is 0 Å². The quantitative estimate of drug-likeness (QED) is 0.330. The molecule has 10 heteroatoms. The van der Waals surface area contributed by atoms with Crippen molar-refractivity contribution in [1.82, 2.24) is 5.32 Å². The average Bonchev–Trinajstić information content (AvgIpc) is 3.32. The first-order valence-electron chi connectivity index (χ1n) is 13.6. The van der Waals surface area contributed by atoms with Gasteiger partial charge in [0, 0.05) is 48.1 Å². The summed E-state index contributed by atoms with van der Waals surface area (Å²) in [7, 11) is 3.05. The minimum absolute atomic E-state index is 0.0903. The summed E-state index contributed by atoms with van der Waals surface area (Å²) in [4.78, 5) is 26.3. The van der Waals surface area contributed by atoms with Gasteiger partial charge in [-0.15, -0.1) is 0 Å². The first-order chi connectivity index (χ1) is 18.7. The van der Waals surface area contributed by atoms with Crippen molar-refractivity contribution in [3.05, 3.63) is 47.1 Å². The van der Waals surface area contributed by atoms with Crippen LogP contribution >= 0.6 is 0 Å². The second-order valence-electron chi connectivity index (χ2n) is 12.4. The number of Topliss-reactive ketones (excluding diaryl/α,β-unsaturated/α-hetero) is 1. The number of aliphatic hydroxyl groups is 4. The number of ketones is 1. The molecular weight excluding hydrogens is 518 g/mol. The van der Waals surface area contributed by atoms with Crippen LogP contribution in [-0.2, 0) is 16.1 Å². The van der Waals surface area contributed by atoms with Crippen molar-refractivity contribution in [3.63, 3.8) is 0 Å². The van der Waals surface area contributed by atoms with Gasteiger partial charge >= 0.3 is 6.09 Å². The number of rotatable bonds is 6.